The third-order valence-corrected chi connectivity index (χ3v) is 6.72. The predicted molar refractivity (Wildman–Crippen MR) is 145 cm³/mol. The molecule has 1 aromatic carbocycles. The van der Waals surface area contributed by atoms with Gasteiger partial charge in [0.1, 0.15) is 11.3 Å². The molecule has 0 atom stereocenters. The summed E-state index contributed by atoms with van der Waals surface area (Å²) >= 11 is 0. The third-order valence-electron chi connectivity index (χ3n) is 6.72. The molecule has 1 aromatic heterocycles. The third kappa shape index (κ3) is 5.72. The summed E-state index contributed by atoms with van der Waals surface area (Å²) in [5.41, 5.74) is 8.68. The highest BCUT2D eigenvalue weighted by Crippen LogP contribution is 2.37. The van der Waals surface area contributed by atoms with Gasteiger partial charge in [-0.05, 0) is 64.2 Å². The molecule has 0 radical (unpaired) electrons. The smallest absolute Gasteiger partial charge is 0.341 e. The van der Waals surface area contributed by atoms with Crippen molar-refractivity contribution in [2.75, 3.05) is 25.3 Å². The second kappa shape index (κ2) is 10.4. The zero-order valence-electron chi connectivity index (χ0n) is 22.2. The summed E-state index contributed by atoms with van der Waals surface area (Å²) in [5.74, 6) is 0.0192. The van der Waals surface area contributed by atoms with Crippen LogP contribution in [-0.2, 0) is 11.3 Å². The summed E-state index contributed by atoms with van der Waals surface area (Å²) in [4.78, 5) is 29.0. The van der Waals surface area contributed by atoms with Crippen LogP contribution < -0.4 is 20.9 Å². The fraction of sp³-hybridized carbons (Fsp3) is 0.464. The standard InChI is InChI=1S/C28H36N4O5/c1-17(2)31-13-19-8-22(20(11-29)12-30-28(3,4)16-37-15-18-6-7-18)26(36-5)9-21(19)24-10-25(33)23(27(34)35)14-32(24)31/h8-12,14,17-18H,6-7,13,15-16,29H2,1-5H3,(H,34,35). The second-order valence-corrected chi connectivity index (χ2v) is 10.6. The van der Waals surface area contributed by atoms with E-state index in [4.69, 9.17) is 20.2 Å². The Bertz CT molecular complexity index is 1300. The van der Waals surface area contributed by atoms with Gasteiger partial charge in [0, 0.05) is 54.0 Å². The summed E-state index contributed by atoms with van der Waals surface area (Å²) in [6, 6.07) is 5.30. The topological polar surface area (TPSA) is 119 Å². The molecule has 0 bridgehead atoms. The first-order valence-electron chi connectivity index (χ1n) is 12.6. The monoisotopic (exact) mass is 508 g/mol. The van der Waals surface area contributed by atoms with Crippen LogP contribution in [0.15, 0.2) is 40.4 Å². The van der Waals surface area contributed by atoms with E-state index in [1.165, 1.54) is 31.3 Å². The quantitative estimate of drug-likeness (QED) is 0.470. The maximum atomic E-state index is 12.6. The highest BCUT2D eigenvalue weighted by molar-refractivity contribution is 6.11. The molecule has 1 aliphatic heterocycles. The maximum Gasteiger partial charge on any atom is 0.341 e. The van der Waals surface area contributed by atoms with Gasteiger partial charge < -0.3 is 25.3 Å². The lowest BCUT2D eigenvalue weighted by atomic mass is 9.94. The number of hydrogen-bond acceptors (Lipinski definition) is 7. The number of carboxylic acid groups (broad SMARTS) is 1. The van der Waals surface area contributed by atoms with Crippen LogP contribution in [0, 0.1) is 5.92 Å². The summed E-state index contributed by atoms with van der Waals surface area (Å²) in [6.45, 7) is 9.89. The van der Waals surface area contributed by atoms with Crippen LogP contribution in [0.3, 0.4) is 0 Å². The van der Waals surface area contributed by atoms with Gasteiger partial charge in [-0.15, -0.1) is 0 Å². The van der Waals surface area contributed by atoms with Crippen molar-refractivity contribution >= 4 is 17.8 Å². The lowest BCUT2D eigenvalue weighted by molar-refractivity contribution is 0.0694. The fourth-order valence-corrected chi connectivity index (χ4v) is 4.41. The van der Waals surface area contributed by atoms with Crippen LogP contribution in [-0.4, -0.2) is 53.9 Å². The molecule has 0 amide bonds. The Balaban J connectivity index is 1.72. The number of ether oxygens (including phenoxy) is 2. The molecule has 3 N–H and O–H groups in total. The van der Waals surface area contributed by atoms with E-state index in [9.17, 15) is 14.7 Å². The number of benzene rings is 1. The number of pyridine rings is 1. The van der Waals surface area contributed by atoms with Crippen LogP contribution >= 0.6 is 0 Å². The van der Waals surface area contributed by atoms with E-state index in [2.05, 4.69) is 0 Å². The summed E-state index contributed by atoms with van der Waals surface area (Å²) < 4.78 is 13.3. The molecule has 1 saturated carbocycles. The number of hydrogen-bond donors (Lipinski definition) is 2. The van der Waals surface area contributed by atoms with Crippen molar-refractivity contribution in [3.63, 3.8) is 0 Å². The lowest BCUT2D eigenvalue weighted by Crippen LogP contribution is -2.44. The Kier molecular flexibility index (Phi) is 7.45. The molecule has 2 aliphatic rings. The Labute approximate surface area is 217 Å². The van der Waals surface area contributed by atoms with E-state index in [1.54, 1.807) is 18.0 Å². The molecule has 1 fully saturated rings. The predicted octanol–water partition coefficient (Wildman–Crippen LogP) is 3.66. The van der Waals surface area contributed by atoms with Gasteiger partial charge >= 0.3 is 5.97 Å². The molecular weight excluding hydrogens is 472 g/mol. The number of carbonyl (C=O) groups is 1. The summed E-state index contributed by atoms with van der Waals surface area (Å²) in [6.07, 6.45) is 7.15. The fourth-order valence-electron chi connectivity index (χ4n) is 4.41. The van der Waals surface area contributed by atoms with Crippen molar-refractivity contribution in [2.24, 2.45) is 16.6 Å². The lowest BCUT2D eigenvalue weighted by Gasteiger charge is -2.38. The van der Waals surface area contributed by atoms with Gasteiger partial charge in [0.2, 0.25) is 0 Å². The minimum atomic E-state index is -1.25. The van der Waals surface area contributed by atoms with Crippen LogP contribution in [0.2, 0.25) is 0 Å². The molecular formula is C28H36N4O5. The maximum absolute atomic E-state index is 12.6. The van der Waals surface area contributed by atoms with Crippen LogP contribution in [0.5, 0.6) is 5.75 Å². The Morgan fingerprint density at radius 3 is 2.59 bits per heavy atom. The number of aromatic nitrogens is 1. The number of rotatable bonds is 10. The molecule has 9 heteroatoms. The van der Waals surface area contributed by atoms with Crippen LogP contribution in [0.1, 0.15) is 62.0 Å². The number of aromatic carboxylic acids is 1. The van der Waals surface area contributed by atoms with Crippen LogP contribution in [0.25, 0.3) is 16.8 Å². The average molecular weight is 509 g/mol. The molecule has 9 nitrogen and oxygen atoms in total. The van der Waals surface area contributed by atoms with Crippen molar-refractivity contribution in [3.05, 3.63) is 57.5 Å². The zero-order valence-corrected chi connectivity index (χ0v) is 22.2. The highest BCUT2D eigenvalue weighted by Gasteiger charge is 2.28. The first-order valence-corrected chi connectivity index (χ1v) is 12.6. The van der Waals surface area contributed by atoms with Gasteiger partial charge in [0.25, 0.3) is 0 Å². The van der Waals surface area contributed by atoms with Gasteiger partial charge in [-0.3, -0.25) is 14.5 Å². The van der Waals surface area contributed by atoms with Crippen molar-refractivity contribution in [2.45, 2.75) is 58.7 Å². The second-order valence-electron chi connectivity index (χ2n) is 10.6. The minimum Gasteiger partial charge on any atom is -0.496 e. The number of methoxy groups -OCH3 is 1. The normalized spacial score (nSPS) is 15.7. The zero-order chi connectivity index (χ0) is 26.9. The number of carboxylic acids is 1. The van der Waals surface area contributed by atoms with Crippen molar-refractivity contribution in [3.8, 4) is 17.0 Å². The number of allylic oxidation sites excluding steroid dienone is 1. The van der Waals surface area contributed by atoms with Gasteiger partial charge in [0.05, 0.1) is 31.5 Å². The van der Waals surface area contributed by atoms with Gasteiger partial charge in [0.15, 0.2) is 5.43 Å². The Morgan fingerprint density at radius 1 is 1.27 bits per heavy atom. The first kappa shape index (κ1) is 26.5. The van der Waals surface area contributed by atoms with E-state index >= 15 is 0 Å². The Morgan fingerprint density at radius 2 is 2.00 bits per heavy atom. The Hall–Kier alpha value is -3.59. The molecule has 0 spiro atoms. The molecule has 2 heterocycles. The van der Waals surface area contributed by atoms with Crippen molar-refractivity contribution in [1.82, 2.24) is 4.68 Å². The van der Waals surface area contributed by atoms with E-state index in [0.717, 1.165) is 23.3 Å². The summed E-state index contributed by atoms with van der Waals surface area (Å²) in [7, 11) is 1.58. The van der Waals surface area contributed by atoms with Crippen molar-refractivity contribution < 1.29 is 19.4 Å². The molecule has 0 saturated heterocycles. The molecule has 37 heavy (non-hydrogen) atoms. The first-order chi connectivity index (χ1) is 17.5. The van der Waals surface area contributed by atoms with Gasteiger partial charge in [-0.2, -0.15) is 0 Å². The molecule has 4 rings (SSSR count). The molecule has 0 unspecified atom stereocenters. The molecule has 2 aromatic rings. The van der Waals surface area contributed by atoms with E-state index in [1.807, 2.05) is 44.8 Å². The SMILES string of the molecule is COc1cc2c(cc1C(C=NC(C)(C)COCC1CC1)=CN)CN(C(C)C)n1cc(C(=O)O)c(=O)cc1-2. The highest BCUT2D eigenvalue weighted by atomic mass is 16.5. The van der Waals surface area contributed by atoms with E-state index < -0.39 is 16.9 Å². The van der Waals surface area contributed by atoms with Gasteiger partial charge in [-0.1, -0.05) is 0 Å². The van der Waals surface area contributed by atoms with E-state index in [-0.39, 0.29) is 11.6 Å². The molecule has 1 aliphatic carbocycles. The minimum absolute atomic E-state index is 0.0455. The number of fused-ring (bicyclic) bond motifs is 3. The number of aliphatic imine (C=N–C) groups is 1. The van der Waals surface area contributed by atoms with Gasteiger partial charge in [-0.25, -0.2) is 4.79 Å². The van der Waals surface area contributed by atoms with Crippen molar-refractivity contribution in [1.29, 1.82) is 0 Å². The van der Waals surface area contributed by atoms with Crippen LogP contribution in [0.4, 0.5) is 0 Å². The molecule has 198 valence electrons. The average Bonchev–Trinajstić information content (AvgIpc) is 3.67. The van der Waals surface area contributed by atoms with E-state index in [0.29, 0.717) is 36.1 Å². The summed E-state index contributed by atoms with van der Waals surface area (Å²) in [5, 5.41) is 11.5. The number of nitrogens with zero attached hydrogens (tertiary/aromatic N) is 3. The number of nitrogens with two attached hydrogens (primary N) is 1. The largest absolute Gasteiger partial charge is 0.496 e.